The van der Waals surface area contributed by atoms with E-state index >= 15 is 0 Å². The van der Waals surface area contributed by atoms with Crippen molar-refractivity contribution >= 4 is 23.3 Å². The molecule has 1 saturated heterocycles. The van der Waals surface area contributed by atoms with Crippen LogP contribution in [0.4, 0.5) is 5.82 Å². The molecule has 0 atom stereocenters. The molecule has 6 nitrogen and oxygen atoms in total. The Labute approximate surface area is 133 Å². The predicted molar refractivity (Wildman–Crippen MR) is 83.8 cm³/mol. The third-order valence-electron chi connectivity index (χ3n) is 3.66. The molecule has 1 fully saturated rings. The van der Waals surface area contributed by atoms with Crippen LogP contribution in [0, 0.1) is 0 Å². The lowest BCUT2D eigenvalue weighted by atomic mass is 10.0. The summed E-state index contributed by atoms with van der Waals surface area (Å²) in [7, 11) is 0. The summed E-state index contributed by atoms with van der Waals surface area (Å²) in [5.41, 5.74) is 0.390. The van der Waals surface area contributed by atoms with E-state index in [2.05, 4.69) is 20.3 Å². The van der Waals surface area contributed by atoms with Crippen molar-refractivity contribution in [2.45, 2.75) is 18.9 Å². The molecule has 2 aromatic rings. The number of halogens is 1. The molecule has 1 aliphatic rings. The molecule has 3 heterocycles. The third-order valence-corrected chi connectivity index (χ3v) is 3.97. The number of nitrogens with one attached hydrogen (secondary N) is 1. The van der Waals surface area contributed by atoms with E-state index < -0.39 is 0 Å². The summed E-state index contributed by atoms with van der Waals surface area (Å²) in [6.07, 6.45) is 7.99. The van der Waals surface area contributed by atoms with Crippen LogP contribution in [0.5, 0.6) is 0 Å². The van der Waals surface area contributed by atoms with E-state index in [-0.39, 0.29) is 11.9 Å². The first-order chi connectivity index (χ1) is 10.7. The van der Waals surface area contributed by atoms with Gasteiger partial charge in [-0.05, 0) is 25.0 Å². The van der Waals surface area contributed by atoms with Crippen LogP contribution in [0.2, 0.25) is 5.02 Å². The topological polar surface area (TPSA) is 71.0 Å². The summed E-state index contributed by atoms with van der Waals surface area (Å²) in [5, 5.41) is 3.95. The molecule has 0 spiro atoms. The highest BCUT2D eigenvalue weighted by atomic mass is 35.5. The van der Waals surface area contributed by atoms with E-state index in [4.69, 9.17) is 11.6 Å². The van der Waals surface area contributed by atoms with Gasteiger partial charge in [0.15, 0.2) is 0 Å². The van der Waals surface area contributed by atoms with Crippen molar-refractivity contribution in [1.29, 1.82) is 0 Å². The standard InChI is InChI=1S/C15H16ClN5O/c16-12-2-1-5-19-14(12)20-11-3-8-21(9-4-11)15(22)13-10-17-6-7-18-13/h1-2,5-7,10-11H,3-4,8-9H2,(H,19,20). The Balaban J connectivity index is 1.57. The first-order valence-corrected chi connectivity index (χ1v) is 7.54. The van der Waals surface area contributed by atoms with Crippen LogP contribution in [0.25, 0.3) is 0 Å². The molecule has 3 rings (SSSR count). The van der Waals surface area contributed by atoms with Crippen LogP contribution < -0.4 is 5.32 Å². The Kier molecular flexibility index (Phi) is 4.48. The molecule has 0 unspecified atom stereocenters. The maximum Gasteiger partial charge on any atom is 0.274 e. The Morgan fingerprint density at radius 2 is 2.05 bits per heavy atom. The van der Waals surface area contributed by atoms with Crippen molar-refractivity contribution in [3.63, 3.8) is 0 Å². The van der Waals surface area contributed by atoms with Crippen molar-refractivity contribution in [3.05, 3.63) is 47.6 Å². The van der Waals surface area contributed by atoms with Crippen molar-refractivity contribution in [2.24, 2.45) is 0 Å². The zero-order valence-electron chi connectivity index (χ0n) is 11.9. The Morgan fingerprint density at radius 1 is 1.23 bits per heavy atom. The van der Waals surface area contributed by atoms with Crippen molar-refractivity contribution in [3.8, 4) is 0 Å². The molecule has 0 radical (unpaired) electrons. The van der Waals surface area contributed by atoms with Crippen molar-refractivity contribution in [2.75, 3.05) is 18.4 Å². The van der Waals surface area contributed by atoms with E-state index in [0.29, 0.717) is 29.6 Å². The Morgan fingerprint density at radius 3 is 2.73 bits per heavy atom. The van der Waals surface area contributed by atoms with Gasteiger partial charge < -0.3 is 10.2 Å². The number of hydrogen-bond acceptors (Lipinski definition) is 5. The summed E-state index contributed by atoms with van der Waals surface area (Å²) in [6, 6.07) is 3.87. The average Bonchev–Trinajstić information content (AvgIpc) is 2.58. The van der Waals surface area contributed by atoms with Gasteiger partial charge in [-0.3, -0.25) is 9.78 Å². The highest BCUT2D eigenvalue weighted by Gasteiger charge is 2.24. The summed E-state index contributed by atoms with van der Waals surface area (Å²) in [4.78, 5) is 26.3. The van der Waals surface area contributed by atoms with E-state index in [1.807, 2.05) is 11.0 Å². The van der Waals surface area contributed by atoms with Crippen LogP contribution in [-0.2, 0) is 0 Å². The van der Waals surface area contributed by atoms with Gasteiger partial charge in [-0.2, -0.15) is 0 Å². The van der Waals surface area contributed by atoms with Crippen LogP contribution in [0.15, 0.2) is 36.9 Å². The number of amides is 1. The fraction of sp³-hybridized carbons (Fsp3) is 0.333. The lowest BCUT2D eigenvalue weighted by Crippen LogP contribution is -2.42. The molecule has 0 aliphatic carbocycles. The Bertz CT molecular complexity index is 643. The van der Waals surface area contributed by atoms with Gasteiger partial charge in [0.25, 0.3) is 5.91 Å². The first kappa shape index (κ1) is 14.7. The normalized spacial score (nSPS) is 15.6. The quantitative estimate of drug-likeness (QED) is 0.940. The number of pyridine rings is 1. The number of carbonyl (C=O) groups is 1. The number of rotatable bonds is 3. The van der Waals surface area contributed by atoms with Gasteiger partial charge in [-0.1, -0.05) is 11.6 Å². The SMILES string of the molecule is O=C(c1cnccn1)N1CCC(Nc2ncccc2Cl)CC1. The van der Waals surface area contributed by atoms with Gasteiger partial charge in [0.2, 0.25) is 0 Å². The molecule has 0 saturated carbocycles. The molecule has 114 valence electrons. The number of likely N-dealkylation sites (tertiary alicyclic amines) is 1. The molecule has 1 amide bonds. The average molecular weight is 318 g/mol. The van der Waals surface area contributed by atoms with Gasteiger partial charge >= 0.3 is 0 Å². The minimum atomic E-state index is -0.0672. The second-order valence-corrected chi connectivity index (χ2v) is 5.54. The molecule has 0 aromatic carbocycles. The zero-order chi connectivity index (χ0) is 15.4. The van der Waals surface area contributed by atoms with Crippen molar-refractivity contribution < 1.29 is 4.79 Å². The van der Waals surface area contributed by atoms with Crippen LogP contribution in [-0.4, -0.2) is 44.9 Å². The molecular formula is C15H16ClN5O. The highest BCUT2D eigenvalue weighted by Crippen LogP contribution is 2.22. The van der Waals surface area contributed by atoms with Crippen LogP contribution in [0.1, 0.15) is 23.3 Å². The summed E-state index contributed by atoms with van der Waals surface area (Å²) in [5.74, 6) is 0.630. The second kappa shape index (κ2) is 6.70. The molecule has 1 aliphatic heterocycles. The monoisotopic (exact) mass is 317 g/mol. The van der Waals surface area contributed by atoms with E-state index in [0.717, 1.165) is 12.8 Å². The fourth-order valence-electron chi connectivity index (χ4n) is 2.48. The number of anilines is 1. The van der Waals surface area contributed by atoms with E-state index in [9.17, 15) is 4.79 Å². The smallest absolute Gasteiger partial charge is 0.274 e. The summed E-state index contributed by atoms with van der Waals surface area (Å²) >= 11 is 6.10. The maximum absolute atomic E-state index is 12.3. The third kappa shape index (κ3) is 3.33. The zero-order valence-corrected chi connectivity index (χ0v) is 12.7. The first-order valence-electron chi connectivity index (χ1n) is 7.16. The number of aromatic nitrogens is 3. The van der Waals surface area contributed by atoms with E-state index in [1.54, 1.807) is 18.5 Å². The number of carbonyl (C=O) groups excluding carboxylic acids is 1. The second-order valence-electron chi connectivity index (χ2n) is 5.14. The highest BCUT2D eigenvalue weighted by molar-refractivity contribution is 6.32. The lowest BCUT2D eigenvalue weighted by Gasteiger charge is -2.32. The fourth-order valence-corrected chi connectivity index (χ4v) is 2.66. The molecule has 22 heavy (non-hydrogen) atoms. The summed E-state index contributed by atoms with van der Waals surface area (Å²) < 4.78 is 0. The van der Waals surface area contributed by atoms with Gasteiger partial charge in [0.05, 0.1) is 11.2 Å². The number of hydrogen-bond donors (Lipinski definition) is 1. The predicted octanol–water partition coefficient (Wildman–Crippen LogP) is 2.24. The molecular weight excluding hydrogens is 302 g/mol. The lowest BCUT2D eigenvalue weighted by molar-refractivity contribution is 0.0712. The van der Waals surface area contributed by atoms with Gasteiger partial charge in [-0.25, -0.2) is 9.97 Å². The van der Waals surface area contributed by atoms with Crippen LogP contribution >= 0.6 is 11.6 Å². The molecule has 0 bridgehead atoms. The number of nitrogens with zero attached hydrogens (tertiary/aromatic N) is 4. The summed E-state index contributed by atoms with van der Waals surface area (Å²) in [6.45, 7) is 1.36. The molecule has 1 N–H and O–H groups in total. The van der Waals surface area contributed by atoms with Crippen molar-refractivity contribution in [1.82, 2.24) is 19.9 Å². The number of piperidine rings is 1. The van der Waals surface area contributed by atoms with Gasteiger partial charge in [0, 0.05) is 37.7 Å². The van der Waals surface area contributed by atoms with Crippen LogP contribution in [0.3, 0.4) is 0 Å². The van der Waals surface area contributed by atoms with Gasteiger partial charge in [0.1, 0.15) is 11.5 Å². The maximum atomic E-state index is 12.3. The minimum Gasteiger partial charge on any atom is -0.366 e. The van der Waals surface area contributed by atoms with E-state index in [1.165, 1.54) is 12.4 Å². The molecule has 7 heteroatoms. The van der Waals surface area contributed by atoms with Gasteiger partial charge in [-0.15, -0.1) is 0 Å². The largest absolute Gasteiger partial charge is 0.366 e. The minimum absolute atomic E-state index is 0.0672. The molecule has 2 aromatic heterocycles. The Hall–Kier alpha value is -2.21.